The standard InChI is InChI=1S/C14H20N2O3/c1-11-5-4-6-12(2)14(11)16(13(3)17)19-10-15-7-8-18-9-15/h4-6H,7-10H2,1-3H3. The zero-order valence-electron chi connectivity index (χ0n) is 11.7. The first-order valence-corrected chi connectivity index (χ1v) is 6.39. The van der Waals surface area contributed by atoms with Crippen LogP contribution in [0.2, 0.25) is 0 Å². The average molecular weight is 264 g/mol. The minimum absolute atomic E-state index is 0.127. The number of benzene rings is 1. The molecule has 0 aromatic heterocycles. The lowest BCUT2D eigenvalue weighted by molar-refractivity contribution is -0.126. The lowest BCUT2D eigenvalue weighted by Crippen LogP contribution is -2.35. The van der Waals surface area contributed by atoms with E-state index in [1.54, 1.807) is 0 Å². The fourth-order valence-corrected chi connectivity index (χ4v) is 2.13. The average Bonchev–Trinajstić information content (AvgIpc) is 2.85. The van der Waals surface area contributed by atoms with Crippen LogP contribution in [-0.2, 0) is 14.4 Å². The highest BCUT2D eigenvalue weighted by Crippen LogP contribution is 2.25. The Morgan fingerprint density at radius 2 is 2.11 bits per heavy atom. The van der Waals surface area contributed by atoms with Crippen molar-refractivity contribution in [1.29, 1.82) is 0 Å². The molecule has 1 aliphatic rings. The van der Waals surface area contributed by atoms with E-state index in [9.17, 15) is 4.79 Å². The third kappa shape index (κ3) is 3.32. The van der Waals surface area contributed by atoms with Gasteiger partial charge < -0.3 is 4.74 Å². The summed E-state index contributed by atoms with van der Waals surface area (Å²) in [5.41, 5.74) is 2.87. The molecule has 1 aromatic rings. The SMILES string of the molecule is CC(=O)N(OCN1CCOC1)c1c(C)cccc1C. The smallest absolute Gasteiger partial charge is 0.247 e. The molecule has 0 spiro atoms. The van der Waals surface area contributed by atoms with Crippen molar-refractivity contribution in [1.82, 2.24) is 4.90 Å². The maximum atomic E-state index is 11.8. The number of carbonyl (C=O) groups is 1. The van der Waals surface area contributed by atoms with Crippen molar-refractivity contribution >= 4 is 11.6 Å². The lowest BCUT2D eigenvalue weighted by atomic mass is 10.1. The maximum absolute atomic E-state index is 11.8. The van der Waals surface area contributed by atoms with E-state index >= 15 is 0 Å². The van der Waals surface area contributed by atoms with Gasteiger partial charge in [0.1, 0.15) is 13.5 Å². The second kappa shape index (κ2) is 6.14. The van der Waals surface area contributed by atoms with Crippen LogP contribution in [0.15, 0.2) is 18.2 Å². The van der Waals surface area contributed by atoms with Gasteiger partial charge in [-0.15, -0.1) is 0 Å². The van der Waals surface area contributed by atoms with E-state index < -0.39 is 0 Å². The normalized spacial score (nSPS) is 15.7. The van der Waals surface area contributed by atoms with Crippen molar-refractivity contribution in [2.24, 2.45) is 0 Å². The highest BCUT2D eigenvalue weighted by Gasteiger charge is 2.20. The largest absolute Gasteiger partial charge is 0.365 e. The van der Waals surface area contributed by atoms with Gasteiger partial charge in [0.25, 0.3) is 0 Å². The summed E-state index contributed by atoms with van der Waals surface area (Å²) in [6.45, 7) is 7.91. The Balaban J connectivity index is 2.13. The molecule has 0 unspecified atom stereocenters. The van der Waals surface area contributed by atoms with Crippen LogP contribution in [0, 0.1) is 13.8 Å². The number of hydrogen-bond donors (Lipinski definition) is 0. The van der Waals surface area contributed by atoms with Crippen molar-refractivity contribution < 1.29 is 14.4 Å². The number of amides is 1. The van der Waals surface area contributed by atoms with Gasteiger partial charge in [0, 0.05) is 13.5 Å². The second-order valence-corrected chi connectivity index (χ2v) is 4.74. The summed E-state index contributed by atoms with van der Waals surface area (Å²) in [7, 11) is 0. The molecule has 5 heteroatoms. The number of para-hydroxylation sites is 1. The second-order valence-electron chi connectivity index (χ2n) is 4.74. The molecular formula is C14H20N2O3. The van der Waals surface area contributed by atoms with Crippen LogP contribution >= 0.6 is 0 Å². The quantitative estimate of drug-likeness (QED) is 0.778. The fourth-order valence-electron chi connectivity index (χ4n) is 2.13. The van der Waals surface area contributed by atoms with Crippen LogP contribution in [0.1, 0.15) is 18.1 Å². The predicted octanol–water partition coefficient (Wildman–Crippen LogP) is 1.84. The summed E-state index contributed by atoms with van der Waals surface area (Å²) >= 11 is 0. The zero-order valence-corrected chi connectivity index (χ0v) is 11.7. The van der Waals surface area contributed by atoms with Crippen LogP contribution in [0.5, 0.6) is 0 Å². The summed E-state index contributed by atoms with van der Waals surface area (Å²) in [6, 6.07) is 5.92. The van der Waals surface area contributed by atoms with Gasteiger partial charge in [-0.25, -0.2) is 0 Å². The van der Waals surface area contributed by atoms with Crippen LogP contribution in [0.3, 0.4) is 0 Å². The van der Waals surface area contributed by atoms with Crippen LogP contribution < -0.4 is 5.06 Å². The number of anilines is 1. The summed E-state index contributed by atoms with van der Waals surface area (Å²) in [5, 5.41) is 1.38. The maximum Gasteiger partial charge on any atom is 0.247 e. The molecule has 0 N–H and O–H groups in total. The number of rotatable bonds is 4. The molecule has 19 heavy (non-hydrogen) atoms. The molecule has 5 nitrogen and oxygen atoms in total. The van der Waals surface area contributed by atoms with Gasteiger partial charge in [-0.05, 0) is 25.0 Å². The summed E-state index contributed by atoms with van der Waals surface area (Å²) < 4.78 is 5.25. The van der Waals surface area contributed by atoms with Crippen molar-refractivity contribution in [2.75, 3.05) is 31.7 Å². The Kier molecular flexibility index (Phi) is 4.52. The van der Waals surface area contributed by atoms with Gasteiger partial charge in [-0.1, -0.05) is 18.2 Å². The molecule has 0 atom stereocenters. The number of aryl methyl sites for hydroxylation is 2. The van der Waals surface area contributed by atoms with Crippen molar-refractivity contribution in [3.63, 3.8) is 0 Å². The van der Waals surface area contributed by atoms with E-state index in [1.807, 2.05) is 36.9 Å². The van der Waals surface area contributed by atoms with E-state index in [-0.39, 0.29) is 5.91 Å². The van der Waals surface area contributed by atoms with Gasteiger partial charge in [-0.2, -0.15) is 5.06 Å². The van der Waals surface area contributed by atoms with E-state index in [0.717, 1.165) is 23.4 Å². The topological polar surface area (TPSA) is 42.0 Å². The molecule has 0 radical (unpaired) electrons. The third-order valence-electron chi connectivity index (χ3n) is 3.12. The molecule has 0 saturated carbocycles. The molecule has 1 aliphatic heterocycles. The van der Waals surface area contributed by atoms with E-state index in [0.29, 0.717) is 20.1 Å². The zero-order chi connectivity index (χ0) is 13.8. The van der Waals surface area contributed by atoms with Crippen LogP contribution in [0.25, 0.3) is 0 Å². The number of ether oxygens (including phenoxy) is 1. The predicted molar refractivity (Wildman–Crippen MR) is 72.6 cm³/mol. The molecule has 104 valence electrons. The van der Waals surface area contributed by atoms with Crippen molar-refractivity contribution in [2.45, 2.75) is 20.8 Å². The van der Waals surface area contributed by atoms with Crippen LogP contribution in [0.4, 0.5) is 5.69 Å². The van der Waals surface area contributed by atoms with E-state index in [1.165, 1.54) is 12.0 Å². The molecule has 1 heterocycles. The molecule has 1 aromatic carbocycles. The minimum Gasteiger partial charge on any atom is -0.365 e. The number of carbonyl (C=O) groups excluding carboxylic acids is 1. The molecule has 1 fully saturated rings. The molecule has 0 bridgehead atoms. The summed E-state index contributed by atoms with van der Waals surface area (Å²) in [4.78, 5) is 19.5. The van der Waals surface area contributed by atoms with Crippen molar-refractivity contribution in [3.05, 3.63) is 29.3 Å². The number of hydroxylamine groups is 1. The van der Waals surface area contributed by atoms with E-state index in [4.69, 9.17) is 9.57 Å². The molecular weight excluding hydrogens is 244 g/mol. The van der Waals surface area contributed by atoms with Crippen LogP contribution in [-0.4, -0.2) is 37.4 Å². The Hall–Kier alpha value is -1.43. The summed E-state index contributed by atoms with van der Waals surface area (Å²) in [6.07, 6.45) is 0. The van der Waals surface area contributed by atoms with Gasteiger partial charge in [0.05, 0.1) is 12.3 Å². The highest BCUT2D eigenvalue weighted by atomic mass is 16.7. The van der Waals surface area contributed by atoms with Gasteiger partial charge in [0.15, 0.2) is 0 Å². The minimum atomic E-state index is -0.127. The first kappa shape index (κ1) is 14.0. The fraction of sp³-hybridized carbons (Fsp3) is 0.500. The first-order chi connectivity index (χ1) is 9.09. The number of nitrogens with zero attached hydrogens (tertiary/aromatic N) is 2. The first-order valence-electron chi connectivity index (χ1n) is 6.39. The van der Waals surface area contributed by atoms with Gasteiger partial charge in [0.2, 0.25) is 5.91 Å². The number of hydrogen-bond acceptors (Lipinski definition) is 4. The van der Waals surface area contributed by atoms with E-state index in [2.05, 4.69) is 0 Å². The molecule has 2 rings (SSSR count). The Morgan fingerprint density at radius 3 is 2.63 bits per heavy atom. The Bertz CT molecular complexity index is 436. The molecule has 0 aliphatic carbocycles. The Labute approximate surface area is 113 Å². The third-order valence-corrected chi connectivity index (χ3v) is 3.12. The summed E-state index contributed by atoms with van der Waals surface area (Å²) in [5.74, 6) is -0.127. The van der Waals surface area contributed by atoms with Crippen molar-refractivity contribution in [3.8, 4) is 0 Å². The van der Waals surface area contributed by atoms with Gasteiger partial charge in [-0.3, -0.25) is 14.5 Å². The molecule has 1 saturated heterocycles. The molecule has 1 amide bonds. The monoisotopic (exact) mass is 264 g/mol. The Morgan fingerprint density at radius 1 is 1.42 bits per heavy atom. The van der Waals surface area contributed by atoms with Gasteiger partial charge >= 0.3 is 0 Å². The lowest BCUT2D eigenvalue weighted by Gasteiger charge is -2.25. The highest BCUT2D eigenvalue weighted by molar-refractivity contribution is 5.91.